The summed E-state index contributed by atoms with van der Waals surface area (Å²) < 4.78 is 5.37. The lowest BCUT2D eigenvalue weighted by atomic mass is 10.2. The van der Waals surface area contributed by atoms with Gasteiger partial charge in [-0.25, -0.2) is 4.79 Å². The minimum atomic E-state index is -0.488. The van der Waals surface area contributed by atoms with Crippen LogP contribution >= 0.6 is 11.8 Å². The van der Waals surface area contributed by atoms with Gasteiger partial charge in [0, 0.05) is 38.5 Å². The lowest BCUT2D eigenvalue weighted by Gasteiger charge is -2.26. The third-order valence-electron chi connectivity index (χ3n) is 2.99. The first-order valence-electron chi connectivity index (χ1n) is 7.37. The van der Waals surface area contributed by atoms with E-state index in [0.717, 1.165) is 12.2 Å². The van der Waals surface area contributed by atoms with Crippen LogP contribution in [-0.2, 0) is 9.53 Å². The van der Waals surface area contributed by atoms with Gasteiger partial charge in [0.05, 0.1) is 5.75 Å². The van der Waals surface area contributed by atoms with Crippen molar-refractivity contribution in [3.63, 3.8) is 0 Å². The fourth-order valence-electron chi connectivity index (χ4n) is 2.01. The van der Waals surface area contributed by atoms with Crippen LogP contribution in [0.15, 0.2) is 0 Å². The molecule has 0 radical (unpaired) electrons. The van der Waals surface area contributed by atoms with Gasteiger partial charge in [-0.05, 0) is 27.2 Å². The van der Waals surface area contributed by atoms with E-state index in [9.17, 15) is 9.59 Å². The average molecular weight is 317 g/mol. The van der Waals surface area contributed by atoms with Crippen molar-refractivity contribution in [1.29, 1.82) is 0 Å². The summed E-state index contributed by atoms with van der Waals surface area (Å²) in [5.41, 5.74) is 4.93. The monoisotopic (exact) mass is 317 g/mol. The first-order chi connectivity index (χ1) is 9.83. The van der Waals surface area contributed by atoms with Gasteiger partial charge in [0.2, 0.25) is 5.91 Å². The Kier molecular flexibility index (Phi) is 7.31. The number of ether oxygens (including phenoxy) is 1. The molecule has 0 aromatic carbocycles. The van der Waals surface area contributed by atoms with E-state index in [2.05, 4.69) is 0 Å². The predicted octanol–water partition coefficient (Wildman–Crippen LogP) is 1.15. The Hall–Kier alpha value is -0.950. The van der Waals surface area contributed by atoms with Crippen molar-refractivity contribution >= 4 is 23.8 Å². The molecule has 21 heavy (non-hydrogen) atoms. The molecule has 0 aromatic heterocycles. The first-order valence-corrected chi connectivity index (χ1v) is 8.52. The van der Waals surface area contributed by atoms with Crippen LogP contribution in [0.4, 0.5) is 4.79 Å². The lowest BCUT2D eigenvalue weighted by Crippen LogP contribution is -2.40. The molecule has 6 nitrogen and oxygen atoms in total. The number of hydrogen-bond donors (Lipinski definition) is 1. The van der Waals surface area contributed by atoms with Crippen molar-refractivity contribution in [1.82, 2.24) is 9.80 Å². The summed E-state index contributed by atoms with van der Waals surface area (Å²) in [6, 6.07) is 0. The van der Waals surface area contributed by atoms with Crippen molar-refractivity contribution in [2.45, 2.75) is 32.8 Å². The van der Waals surface area contributed by atoms with Crippen LogP contribution < -0.4 is 5.73 Å². The van der Waals surface area contributed by atoms with Crippen LogP contribution in [0.25, 0.3) is 0 Å². The van der Waals surface area contributed by atoms with Gasteiger partial charge >= 0.3 is 6.09 Å². The van der Waals surface area contributed by atoms with E-state index in [0.29, 0.717) is 38.5 Å². The fourth-order valence-corrected chi connectivity index (χ4v) is 2.68. The number of thioether (sulfide) groups is 1. The van der Waals surface area contributed by atoms with Gasteiger partial charge in [-0.15, -0.1) is 0 Å². The van der Waals surface area contributed by atoms with E-state index in [4.69, 9.17) is 10.5 Å². The number of carbonyl (C=O) groups excluding carboxylic acids is 2. The number of amides is 2. The summed E-state index contributed by atoms with van der Waals surface area (Å²) in [6.07, 6.45) is 0.487. The Morgan fingerprint density at radius 1 is 1.14 bits per heavy atom. The number of nitrogens with zero attached hydrogens (tertiary/aromatic N) is 2. The largest absolute Gasteiger partial charge is 0.444 e. The molecule has 2 N–H and O–H groups in total. The van der Waals surface area contributed by atoms with E-state index < -0.39 is 5.60 Å². The summed E-state index contributed by atoms with van der Waals surface area (Å²) >= 11 is 1.56. The second-order valence-corrected chi connectivity index (χ2v) is 7.15. The molecule has 1 aliphatic rings. The Morgan fingerprint density at radius 3 is 2.38 bits per heavy atom. The Labute approximate surface area is 131 Å². The minimum absolute atomic E-state index is 0.125. The maximum atomic E-state index is 12.1. The van der Waals surface area contributed by atoms with Crippen molar-refractivity contribution < 1.29 is 14.3 Å². The molecule has 0 aliphatic carbocycles. The Bertz CT molecular complexity index is 358. The van der Waals surface area contributed by atoms with Crippen molar-refractivity contribution in [2.75, 3.05) is 44.2 Å². The zero-order chi connectivity index (χ0) is 15.9. The second-order valence-electron chi connectivity index (χ2n) is 6.04. The van der Waals surface area contributed by atoms with Gasteiger partial charge in [0.1, 0.15) is 5.60 Å². The molecule has 122 valence electrons. The van der Waals surface area contributed by atoms with Gasteiger partial charge in [-0.1, -0.05) is 0 Å². The van der Waals surface area contributed by atoms with Gasteiger partial charge in [0.25, 0.3) is 0 Å². The summed E-state index contributed by atoms with van der Waals surface area (Å²) in [6.45, 7) is 8.58. The maximum absolute atomic E-state index is 12.1. The average Bonchev–Trinajstić information content (AvgIpc) is 2.62. The van der Waals surface area contributed by atoms with Crippen molar-refractivity contribution in [2.24, 2.45) is 5.73 Å². The molecule has 0 spiro atoms. The zero-order valence-electron chi connectivity index (χ0n) is 13.3. The van der Waals surface area contributed by atoms with E-state index in [1.807, 2.05) is 25.7 Å². The molecule has 7 heteroatoms. The molecule has 0 aromatic rings. The van der Waals surface area contributed by atoms with Crippen LogP contribution in [0.3, 0.4) is 0 Å². The number of carbonyl (C=O) groups is 2. The first kappa shape index (κ1) is 18.1. The molecular weight excluding hydrogens is 290 g/mol. The van der Waals surface area contributed by atoms with Crippen LogP contribution in [0, 0.1) is 0 Å². The van der Waals surface area contributed by atoms with Crippen LogP contribution in [-0.4, -0.2) is 71.6 Å². The van der Waals surface area contributed by atoms with Crippen LogP contribution in [0.1, 0.15) is 27.2 Å². The van der Waals surface area contributed by atoms with Crippen molar-refractivity contribution in [3.05, 3.63) is 0 Å². The Morgan fingerprint density at radius 2 is 1.76 bits per heavy atom. The van der Waals surface area contributed by atoms with E-state index in [1.54, 1.807) is 16.7 Å². The fraction of sp³-hybridized carbons (Fsp3) is 0.857. The lowest BCUT2D eigenvalue weighted by molar-refractivity contribution is -0.128. The third-order valence-corrected chi connectivity index (χ3v) is 3.96. The number of rotatable bonds is 4. The third kappa shape index (κ3) is 7.04. The molecule has 1 rings (SSSR count). The molecule has 1 fully saturated rings. The molecular formula is C14H27N3O3S. The highest BCUT2D eigenvalue weighted by Gasteiger charge is 2.25. The SMILES string of the molecule is CC(C)(C)OC(=O)N1CCCN(C(=O)CSCCN)CC1. The molecule has 2 amide bonds. The molecule has 1 saturated heterocycles. The normalized spacial score (nSPS) is 16.6. The predicted molar refractivity (Wildman–Crippen MR) is 85.4 cm³/mol. The summed E-state index contributed by atoms with van der Waals surface area (Å²) in [5, 5.41) is 0. The van der Waals surface area contributed by atoms with Gasteiger partial charge in [-0.2, -0.15) is 11.8 Å². The highest BCUT2D eigenvalue weighted by atomic mass is 32.2. The molecule has 1 heterocycles. The van der Waals surface area contributed by atoms with Crippen LogP contribution in [0.5, 0.6) is 0 Å². The molecule has 0 unspecified atom stereocenters. The molecule has 0 saturated carbocycles. The van der Waals surface area contributed by atoms with E-state index >= 15 is 0 Å². The Balaban J connectivity index is 2.43. The molecule has 0 atom stereocenters. The summed E-state index contributed by atoms with van der Waals surface area (Å²) in [4.78, 5) is 27.6. The summed E-state index contributed by atoms with van der Waals surface area (Å²) in [5.74, 6) is 1.38. The zero-order valence-corrected chi connectivity index (χ0v) is 14.1. The van der Waals surface area contributed by atoms with Gasteiger partial charge < -0.3 is 20.3 Å². The number of nitrogens with two attached hydrogens (primary N) is 1. The minimum Gasteiger partial charge on any atom is -0.444 e. The maximum Gasteiger partial charge on any atom is 0.410 e. The molecule has 0 bridgehead atoms. The van der Waals surface area contributed by atoms with Crippen molar-refractivity contribution in [3.8, 4) is 0 Å². The van der Waals surface area contributed by atoms with Gasteiger partial charge in [-0.3, -0.25) is 4.79 Å². The standard InChI is InChI=1S/C14H27N3O3S/c1-14(2,3)20-13(19)17-7-4-6-16(8-9-17)12(18)11-21-10-5-15/h4-11,15H2,1-3H3. The second kappa shape index (κ2) is 8.48. The highest BCUT2D eigenvalue weighted by Crippen LogP contribution is 2.12. The molecule has 1 aliphatic heterocycles. The quantitative estimate of drug-likeness (QED) is 0.787. The summed E-state index contributed by atoms with van der Waals surface area (Å²) in [7, 11) is 0. The van der Waals surface area contributed by atoms with E-state index in [-0.39, 0.29) is 12.0 Å². The van der Waals surface area contributed by atoms with E-state index in [1.165, 1.54) is 0 Å². The smallest absolute Gasteiger partial charge is 0.410 e. The highest BCUT2D eigenvalue weighted by molar-refractivity contribution is 7.99. The van der Waals surface area contributed by atoms with Crippen LogP contribution in [0.2, 0.25) is 0 Å². The topological polar surface area (TPSA) is 75.9 Å². The number of hydrogen-bond acceptors (Lipinski definition) is 5. The van der Waals surface area contributed by atoms with Gasteiger partial charge in [0.15, 0.2) is 0 Å².